The van der Waals surface area contributed by atoms with Gasteiger partial charge in [0.1, 0.15) is 0 Å². The van der Waals surface area contributed by atoms with Crippen LogP contribution in [-0.4, -0.2) is 40.1 Å². The van der Waals surface area contributed by atoms with E-state index < -0.39 is 0 Å². The Morgan fingerprint density at radius 1 is 1.35 bits per heavy atom. The fourth-order valence-electron chi connectivity index (χ4n) is 2.95. The quantitative estimate of drug-likeness (QED) is 0.882. The van der Waals surface area contributed by atoms with Crippen molar-refractivity contribution in [2.24, 2.45) is 5.92 Å². The number of aliphatic hydroxyl groups is 1. The van der Waals surface area contributed by atoms with Gasteiger partial charge in [0.05, 0.1) is 6.10 Å². The van der Waals surface area contributed by atoms with E-state index in [0.717, 1.165) is 42.4 Å². The SMILES string of the molecule is CC(O)C1CCN(C(=O)c2ccc3cc[nH]c3c2)CC1. The molecule has 1 saturated heterocycles. The zero-order valence-electron chi connectivity index (χ0n) is 11.7. The average molecular weight is 272 g/mol. The lowest BCUT2D eigenvalue weighted by atomic mass is 9.92. The molecule has 1 amide bonds. The number of carbonyl (C=O) groups excluding carboxylic acids is 1. The molecular formula is C16H20N2O2. The number of hydrogen-bond acceptors (Lipinski definition) is 2. The maximum Gasteiger partial charge on any atom is 0.253 e. The van der Waals surface area contributed by atoms with Crippen LogP contribution in [0.15, 0.2) is 30.5 Å². The van der Waals surface area contributed by atoms with Crippen molar-refractivity contribution in [2.45, 2.75) is 25.9 Å². The smallest absolute Gasteiger partial charge is 0.253 e. The Morgan fingerprint density at radius 2 is 2.10 bits per heavy atom. The van der Waals surface area contributed by atoms with Crippen LogP contribution in [0.25, 0.3) is 10.9 Å². The number of aliphatic hydroxyl groups excluding tert-OH is 1. The number of amides is 1. The Labute approximate surface area is 118 Å². The van der Waals surface area contributed by atoms with E-state index in [-0.39, 0.29) is 12.0 Å². The molecule has 2 heterocycles. The van der Waals surface area contributed by atoms with Gasteiger partial charge in [-0.25, -0.2) is 0 Å². The highest BCUT2D eigenvalue weighted by molar-refractivity contribution is 5.97. The number of hydrogen-bond donors (Lipinski definition) is 2. The molecule has 0 radical (unpaired) electrons. The van der Waals surface area contributed by atoms with Gasteiger partial charge in [0.25, 0.3) is 5.91 Å². The standard InChI is InChI=1S/C16H20N2O2/c1-11(19)12-5-8-18(9-6-12)16(20)14-3-2-13-4-7-17-15(13)10-14/h2-4,7,10-12,17,19H,5-6,8-9H2,1H3. The van der Waals surface area contributed by atoms with Gasteiger partial charge in [-0.3, -0.25) is 4.79 Å². The first-order valence-electron chi connectivity index (χ1n) is 7.19. The maximum atomic E-state index is 12.5. The molecule has 0 aliphatic carbocycles. The van der Waals surface area contributed by atoms with Gasteiger partial charge in [-0.1, -0.05) is 6.07 Å². The summed E-state index contributed by atoms with van der Waals surface area (Å²) in [5, 5.41) is 10.7. The zero-order valence-corrected chi connectivity index (χ0v) is 11.7. The number of nitrogens with one attached hydrogen (secondary N) is 1. The van der Waals surface area contributed by atoms with E-state index in [4.69, 9.17) is 0 Å². The van der Waals surface area contributed by atoms with Gasteiger partial charge in [0.15, 0.2) is 0 Å². The Hall–Kier alpha value is -1.81. The van der Waals surface area contributed by atoms with Gasteiger partial charge in [-0.2, -0.15) is 0 Å². The minimum absolute atomic E-state index is 0.0885. The van der Waals surface area contributed by atoms with Gasteiger partial charge in [0, 0.05) is 30.4 Å². The Balaban J connectivity index is 1.73. The molecule has 1 aliphatic heterocycles. The Morgan fingerprint density at radius 3 is 2.80 bits per heavy atom. The molecule has 106 valence electrons. The molecule has 2 N–H and O–H groups in total. The number of nitrogens with zero attached hydrogens (tertiary/aromatic N) is 1. The molecular weight excluding hydrogens is 252 g/mol. The van der Waals surface area contributed by atoms with Crippen LogP contribution >= 0.6 is 0 Å². The summed E-state index contributed by atoms with van der Waals surface area (Å²) < 4.78 is 0. The molecule has 0 spiro atoms. The third-order valence-electron chi connectivity index (χ3n) is 4.31. The van der Waals surface area contributed by atoms with Crippen molar-refractivity contribution in [3.05, 3.63) is 36.0 Å². The molecule has 1 fully saturated rings. The summed E-state index contributed by atoms with van der Waals surface area (Å²) >= 11 is 0. The van der Waals surface area contributed by atoms with E-state index in [9.17, 15) is 9.90 Å². The number of piperidine rings is 1. The van der Waals surface area contributed by atoms with Crippen LogP contribution in [-0.2, 0) is 0 Å². The molecule has 3 rings (SSSR count). The van der Waals surface area contributed by atoms with Gasteiger partial charge in [0.2, 0.25) is 0 Å². The second kappa shape index (κ2) is 5.29. The summed E-state index contributed by atoms with van der Waals surface area (Å²) in [6, 6.07) is 7.77. The highest BCUT2D eigenvalue weighted by atomic mass is 16.3. The Kier molecular flexibility index (Phi) is 3.49. The first kappa shape index (κ1) is 13.2. The van der Waals surface area contributed by atoms with Gasteiger partial charge >= 0.3 is 0 Å². The summed E-state index contributed by atoms with van der Waals surface area (Å²) in [6.07, 6.45) is 3.37. The molecule has 1 unspecified atom stereocenters. The van der Waals surface area contributed by atoms with E-state index in [2.05, 4.69) is 4.98 Å². The third kappa shape index (κ3) is 2.43. The zero-order chi connectivity index (χ0) is 14.1. The summed E-state index contributed by atoms with van der Waals surface area (Å²) in [5.74, 6) is 0.412. The van der Waals surface area contributed by atoms with Crippen LogP contribution in [0.1, 0.15) is 30.1 Å². The van der Waals surface area contributed by atoms with E-state index in [1.54, 1.807) is 0 Å². The number of benzene rings is 1. The summed E-state index contributed by atoms with van der Waals surface area (Å²) in [4.78, 5) is 17.5. The van der Waals surface area contributed by atoms with Gasteiger partial charge in [-0.15, -0.1) is 0 Å². The second-order valence-electron chi connectivity index (χ2n) is 5.65. The fraction of sp³-hybridized carbons (Fsp3) is 0.438. The topological polar surface area (TPSA) is 56.3 Å². The van der Waals surface area contributed by atoms with E-state index >= 15 is 0 Å². The first-order valence-corrected chi connectivity index (χ1v) is 7.19. The van der Waals surface area contributed by atoms with Crippen molar-refractivity contribution in [3.63, 3.8) is 0 Å². The lowest BCUT2D eigenvalue weighted by Gasteiger charge is -2.33. The molecule has 0 saturated carbocycles. The minimum Gasteiger partial charge on any atom is -0.393 e. The van der Waals surface area contributed by atoms with Crippen LogP contribution in [0, 0.1) is 5.92 Å². The number of H-pyrrole nitrogens is 1. The summed E-state index contributed by atoms with van der Waals surface area (Å²) in [6.45, 7) is 3.30. The van der Waals surface area contributed by atoms with Crippen molar-refractivity contribution in [1.29, 1.82) is 0 Å². The third-order valence-corrected chi connectivity index (χ3v) is 4.31. The first-order chi connectivity index (χ1) is 9.65. The van der Waals surface area contributed by atoms with Crippen molar-refractivity contribution in [2.75, 3.05) is 13.1 Å². The molecule has 0 bridgehead atoms. The van der Waals surface area contributed by atoms with Crippen LogP contribution in [0.5, 0.6) is 0 Å². The van der Waals surface area contributed by atoms with Crippen molar-refractivity contribution in [1.82, 2.24) is 9.88 Å². The van der Waals surface area contributed by atoms with Gasteiger partial charge in [-0.05, 0) is 49.3 Å². The Bertz CT molecular complexity index is 610. The van der Waals surface area contributed by atoms with Gasteiger partial charge < -0.3 is 15.0 Å². The highest BCUT2D eigenvalue weighted by Crippen LogP contribution is 2.23. The summed E-state index contributed by atoms with van der Waals surface area (Å²) in [5.41, 5.74) is 1.73. The molecule has 1 aromatic carbocycles. The average Bonchev–Trinajstić information content (AvgIpc) is 2.94. The van der Waals surface area contributed by atoms with Crippen LogP contribution in [0.4, 0.5) is 0 Å². The minimum atomic E-state index is -0.275. The van der Waals surface area contributed by atoms with E-state index in [1.165, 1.54) is 0 Å². The van der Waals surface area contributed by atoms with Crippen LogP contribution in [0.2, 0.25) is 0 Å². The lowest BCUT2D eigenvalue weighted by molar-refractivity contribution is 0.0521. The number of aromatic nitrogens is 1. The lowest BCUT2D eigenvalue weighted by Crippen LogP contribution is -2.40. The molecule has 4 heteroatoms. The predicted molar refractivity (Wildman–Crippen MR) is 78.6 cm³/mol. The number of likely N-dealkylation sites (tertiary alicyclic amines) is 1. The molecule has 2 aromatic rings. The molecule has 20 heavy (non-hydrogen) atoms. The van der Waals surface area contributed by atoms with Crippen LogP contribution < -0.4 is 0 Å². The maximum absolute atomic E-state index is 12.5. The number of fused-ring (bicyclic) bond motifs is 1. The molecule has 4 nitrogen and oxygen atoms in total. The molecule has 1 atom stereocenters. The van der Waals surface area contributed by atoms with Crippen molar-refractivity contribution < 1.29 is 9.90 Å². The monoisotopic (exact) mass is 272 g/mol. The van der Waals surface area contributed by atoms with Crippen molar-refractivity contribution in [3.8, 4) is 0 Å². The highest BCUT2D eigenvalue weighted by Gasteiger charge is 2.26. The largest absolute Gasteiger partial charge is 0.393 e. The fourth-order valence-corrected chi connectivity index (χ4v) is 2.95. The molecule has 1 aromatic heterocycles. The van der Waals surface area contributed by atoms with Crippen LogP contribution in [0.3, 0.4) is 0 Å². The number of aromatic amines is 1. The summed E-state index contributed by atoms with van der Waals surface area (Å²) in [7, 11) is 0. The predicted octanol–water partition coefficient (Wildman–Crippen LogP) is 2.40. The number of rotatable bonds is 2. The van der Waals surface area contributed by atoms with E-state index in [0.29, 0.717) is 5.92 Å². The van der Waals surface area contributed by atoms with E-state index in [1.807, 2.05) is 42.3 Å². The second-order valence-corrected chi connectivity index (χ2v) is 5.65. The molecule has 1 aliphatic rings. The number of carbonyl (C=O) groups is 1. The normalized spacial score (nSPS) is 18.4. The van der Waals surface area contributed by atoms with Crippen molar-refractivity contribution >= 4 is 16.8 Å².